The first-order chi connectivity index (χ1) is 18.4. The predicted octanol–water partition coefficient (Wildman–Crippen LogP) is 0.966. The Balaban J connectivity index is 1.31. The molecule has 11 nitrogen and oxygen atoms in total. The van der Waals surface area contributed by atoms with Crippen LogP contribution in [0.3, 0.4) is 0 Å². The van der Waals surface area contributed by atoms with Gasteiger partial charge in [0.2, 0.25) is 6.29 Å². The van der Waals surface area contributed by atoms with Crippen molar-refractivity contribution in [1.29, 1.82) is 0 Å². The van der Waals surface area contributed by atoms with Crippen molar-refractivity contribution in [2.45, 2.75) is 42.9 Å². The van der Waals surface area contributed by atoms with Gasteiger partial charge in [-0.1, -0.05) is 12.1 Å². The van der Waals surface area contributed by atoms with Gasteiger partial charge in [-0.2, -0.15) is 0 Å². The van der Waals surface area contributed by atoms with Crippen molar-refractivity contribution in [3.05, 3.63) is 47.5 Å². The lowest BCUT2D eigenvalue weighted by molar-refractivity contribution is -0.277. The van der Waals surface area contributed by atoms with Crippen molar-refractivity contribution < 1.29 is 53.6 Å². The minimum Gasteiger partial charge on any atom is -0.493 e. The van der Waals surface area contributed by atoms with Crippen LogP contribution in [0.15, 0.2) is 36.4 Å². The molecule has 208 valence electrons. The molecule has 0 aliphatic carbocycles. The van der Waals surface area contributed by atoms with Crippen molar-refractivity contribution in [2.24, 2.45) is 11.8 Å². The van der Waals surface area contributed by atoms with Gasteiger partial charge in [-0.15, -0.1) is 0 Å². The van der Waals surface area contributed by atoms with E-state index >= 15 is 0 Å². The van der Waals surface area contributed by atoms with Gasteiger partial charge in [0.15, 0.2) is 23.0 Å². The smallest absolute Gasteiger partial charge is 0.229 e. The number of aliphatic hydroxyl groups is 4. The summed E-state index contributed by atoms with van der Waals surface area (Å²) in [6, 6.07) is 11.1. The topological polar surface area (TPSA) is 146 Å². The van der Waals surface area contributed by atoms with Gasteiger partial charge >= 0.3 is 0 Å². The number of benzene rings is 2. The molecule has 3 saturated heterocycles. The molecule has 0 spiro atoms. The normalized spacial score (nSPS) is 34.6. The minimum absolute atomic E-state index is 0.120. The quantitative estimate of drug-likeness (QED) is 0.384. The van der Waals surface area contributed by atoms with E-state index in [-0.39, 0.29) is 29.8 Å². The third kappa shape index (κ3) is 4.79. The van der Waals surface area contributed by atoms with Crippen LogP contribution in [0.25, 0.3) is 0 Å². The molecule has 0 bridgehead atoms. The van der Waals surface area contributed by atoms with E-state index in [4.69, 9.17) is 33.2 Å². The molecule has 4 N–H and O–H groups in total. The van der Waals surface area contributed by atoms with Crippen molar-refractivity contribution in [3.8, 4) is 23.0 Å². The number of rotatable bonds is 8. The van der Waals surface area contributed by atoms with Crippen molar-refractivity contribution in [3.63, 3.8) is 0 Å². The summed E-state index contributed by atoms with van der Waals surface area (Å²) in [7, 11) is 4.69. The van der Waals surface area contributed by atoms with E-state index < -0.39 is 37.3 Å². The Hall–Kier alpha value is -2.64. The summed E-state index contributed by atoms with van der Waals surface area (Å²) < 4.78 is 40.1. The Labute approximate surface area is 220 Å². The van der Waals surface area contributed by atoms with Gasteiger partial charge in [0.1, 0.15) is 24.4 Å². The van der Waals surface area contributed by atoms with E-state index in [1.165, 1.54) is 7.11 Å². The van der Waals surface area contributed by atoms with Gasteiger partial charge in [0, 0.05) is 11.8 Å². The van der Waals surface area contributed by atoms with E-state index in [0.29, 0.717) is 30.5 Å². The highest BCUT2D eigenvalue weighted by Gasteiger charge is 2.49. The number of hydrogen-bond acceptors (Lipinski definition) is 11. The first-order valence-corrected chi connectivity index (χ1v) is 12.5. The van der Waals surface area contributed by atoms with Crippen LogP contribution in [-0.4, -0.2) is 92.3 Å². The Morgan fingerprint density at radius 3 is 1.76 bits per heavy atom. The highest BCUT2D eigenvalue weighted by Crippen LogP contribution is 2.51. The van der Waals surface area contributed by atoms with Crippen LogP contribution in [0.1, 0.15) is 23.3 Å². The highest BCUT2D eigenvalue weighted by atomic mass is 16.7. The van der Waals surface area contributed by atoms with Crippen LogP contribution in [-0.2, 0) is 14.2 Å². The summed E-state index contributed by atoms with van der Waals surface area (Å²) in [6.45, 7) is 0.508. The van der Waals surface area contributed by atoms with E-state index in [1.54, 1.807) is 26.4 Å². The summed E-state index contributed by atoms with van der Waals surface area (Å²) in [5.41, 5.74) is 1.88. The van der Waals surface area contributed by atoms with Gasteiger partial charge in [-0.3, -0.25) is 0 Å². The Morgan fingerprint density at radius 1 is 0.711 bits per heavy atom. The van der Waals surface area contributed by atoms with E-state index in [2.05, 4.69) is 0 Å². The second-order valence-electron chi connectivity index (χ2n) is 9.68. The van der Waals surface area contributed by atoms with Crippen LogP contribution >= 0.6 is 0 Å². The van der Waals surface area contributed by atoms with Crippen molar-refractivity contribution >= 4 is 0 Å². The Morgan fingerprint density at radius 2 is 1.24 bits per heavy atom. The minimum atomic E-state index is -1.54. The summed E-state index contributed by atoms with van der Waals surface area (Å²) in [5.74, 6) is 2.21. The van der Waals surface area contributed by atoms with E-state index in [9.17, 15) is 20.4 Å². The van der Waals surface area contributed by atoms with Gasteiger partial charge in [-0.25, -0.2) is 0 Å². The maximum Gasteiger partial charge on any atom is 0.229 e. The summed E-state index contributed by atoms with van der Waals surface area (Å²) >= 11 is 0. The molecule has 0 unspecified atom stereocenters. The monoisotopic (exact) mass is 534 g/mol. The molecule has 0 saturated carbocycles. The molecular formula is C27H34O11. The van der Waals surface area contributed by atoms with Gasteiger partial charge in [0.05, 0.1) is 53.4 Å². The fourth-order valence-corrected chi connectivity index (χ4v) is 5.51. The van der Waals surface area contributed by atoms with Crippen LogP contribution in [0.5, 0.6) is 23.0 Å². The Kier molecular flexibility index (Phi) is 7.96. The van der Waals surface area contributed by atoms with Crippen molar-refractivity contribution in [2.75, 3.05) is 41.2 Å². The number of ether oxygens (including phenoxy) is 7. The van der Waals surface area contributed by atoms with Crippen molar-refractivity contribution in [1.82, 2.24) is 0 Å². The number of aliphatic hydroxyl groups excluding tert-OH is 4. The SMILES string of the molecule is COc1ccc([C@H]2OC[C@H]3[C@@H]2CO[C@@H]3c2ccc(O[C@H]3O[C@H](CO)[C@@H](O)[C@H](O)[C@H]3O)c(OC)c2)cc1OC. The molecular weight excluding hydrogens is 500 g/mol. The third-order valence-electron chi connectivity index (χ3n) is 7.61. The zero-order chi connectivity index (χ0) is 27.0. The molecule has 0 radical (unpaired) electrons. The van der Waals surface area contributed by atoms with Gasteiger partial charge < -0.3 is 53.6 Å². The van der Waals surface area contributed by atoms with E-state index in [1.807, 2.05) is 24.3 Å². The molecule has 2 aromatic rings. The first kappa shape index (κ1) is 26.9. The maximum absolute atomic E-state index is 10.3. The van der Waals surface area contributed by atoms with Crippen LogP contribution in [0.2, 0.25) is 0 Å². The zero-order valence-electron chi connectivity index (χ0n) is 21.4. The fourth-order valence-electron chi connectivity index (χ4n) is 5.51. The molecule has 38 heavy (non-hydrogen) atoms. The molecule has 3 heterocycles. The molecule has 3 fully saturated rings. The molecule has 11 heteroatoms. The second kappa shape index (κ2) is 11.2. The summed E-state index contributed by atoms with van der Waals surface area (Å²) in [6.07, 6.45) is -7.29. The molecule has 3 aliphatic rings. The average molecular weight is 535 g/mol. The largest absolute Gasteiger partial charge is 0.493 e. The molecule has 0 amide bonds. The van der Waals surface area contributed by atoms with Crippen LogP contribution in [0, 0.1) is 11.8 Å². The second-order valence-corrected chi connectivity index (χ2v) is 9.68. The summed E-state index contributed by atoms with van der Waals surface area (Å²) in [4.78, 5) is 0. The van der Waals surface area contributed by atoms with Gasteiger partial charge in [-0.05, 0) is 35.4 Å². The fraction of sp³-hybridized carbons (Fsp3) is 0.556. The molecule has 2 aromatic carbocycles. The number of methoxy groups -OCH3 is 3. The number of fused-ring (bicyclic) bond motifs is 1. The lowest BCUT2D eigenvalue weighted by atomic mass is 9.85. The average Bonchev–Trinajstić information content (AvgIpc) is 3.55. The van der Waals surface area contributed by atoms with Crippen LogP contribution < -0.4 is 18.9 Å². The number of hydrogen-bond donors (Lipinski definition) is 4. The highest BCUT2D eigenvalue weighted by molar-refractivity contribution is 5.45. The molecule has 0 aromatic heterocycles. The predicted molar refractivity (Wildman–Crippen MR) is 131 cm³/mol. The summed E-state index contributed by atoms with van der Waals surface area (Å²) in [5, 5.41) is 39.8. The molecule has 5 rings (SSSR count). The first-order valence-electron chi connectivity index (χ1n) is 12.5. The lowest BCUT2D eigenvalue weighted by Gasteiger charge is -2.39. The zero-order valence-corrected chi connectivity index (χ0v) is 21.4. The molecule has 3 aliphatic heterocycles. The molecule has 9 atom stereocenters. The lowest BCUT2D eigenvalue weighted by Crippen LogP contribution is -2.60. The van der Waals surface area contributed by atoms with E-state index in [0.717, 1.165) is 11.1 Å². The maximum atomic E-state index is 10.3. The standard InChI is InChI=1S/C27H34O11/c1-32-17-6-4-13(8-19(17)33-2)25-15-11-36-26(16(15)12-35-25)14-5-7-18(20(9-14)34-3)37-27-24(31)23(30)22(29)21(10-28)38-27/h4-9,15-16,21-31H,10-12H2,1-3H3/t15-,16-,21+,22+,23-,24+,25+,26+,27-/m0/s1. The van der Waals surface area contributed by atoms with Gasteiger partial charge in [0.25, 0.3) is 0 Å². The van der Waals surface area contributed by atoms with Crippen LogP contribution in [0.4, 0.5) is 0 Å². The third-order valence-corrected chi connectivity index (χ3v) is 7.61. The Bertz CT molecular complexity index is 1110.